The highest BCUT2D eigenvalue weighted by molar-refractivity contribution is 6.00. The van der Waals surface area contributed by atoms with Crippen LogP contribution in [0.5, 0.6) is 0 Å². The lowest BCUT2D eigenvalue weighted by atomic mass is 10.0. The topological polar surface area (TPSA) is 97.5 Å². The molecular formula is C37H35FN8. The summed E-state index contributed by atoms with van der Waals surface area (Å²) in [6.45, 7) is 3.06. The number of hydrogen-bond acceptors (Lipinski definition) is 6. The lowest BCUT2D eigenvalue weighted by Gasteiger charge is -2.13. The van der Waals surface area contributed by atoms with Gasteiger partial charge in [-0.2, -0.15) is 5.10 Å². The van der Waals surface area contributed by atoms with Gasteiger partial charge in [-0.3, -0.25) is 10.1 Å². The van der Waals surface area contributed by atoms with Gasteiger partial charge in [0, 0.05) is 60.7 Å². The minimum Gasteiger partial charge on any atom is -0.384 e. The van der Waals surface area contributed by atoms with Crippen molar-refractivity contribution in [3.05, 3.63) is 120 Å². The summed E-state index contributed by atoms with van der Waals surface area (Å²) >= 11 is 0. The number of aromatic nitrogens is 5. The molecule has 0 unspecified atom stereocenters. The van der Waals surface area contributed by atoms with Crippen molar-refractivity contribution < 1.29 is 4.39 Å². The predicted octanol–water partition coefficient (Wildman–Crippen LogP) is 7.24. The van der Waals surface area contributed by atoms with Crippen molar-refractivity contribution in [2.75, 3.05) is 32.5 Å². The number of rotatable bonds is 11. The molecule has 0 saturated carbocycles. The zero-order chi connectivity index (χ0) is 31.5. The molecule has 7 aromatic rings. The maximum Gasteiger partial charge on any atom is 0.135 e. The Morgan fingerprint density at radius 2 is 1.67 bits per heavy atom. The minimum atomic E-state index is -0.279. The number of hydrogen-bond donors (Lipinski definition) is 4. The van der Waals surface area contributed by atoms with Crippen LogP contribution in [-0.2, 0) is 13.1 Å². The third-order valence-electron chi connectivity index (χ3n) is 8.02. The van der Waals surface area contributed by atoms with Crippen LogP contribution < -0.4 is 10.6 Å². The molecule has 8 nitrogen and oxygen atoms in total. The molecule has 0 aliphatic carbocycles. The van der Waals surface area contributed by atoms with Gasteiger partial charge in [-0.15, -0.1) is 0 Å². The van der Waals surface area contributed by atoms with Crippen LogP contribution in [0.2, 0.25) is 0 Å². The van der Waals surface area contributed by atoms with Crippen LogP contribution in [0, 0.1) is 5.82 Å². The second-order valence-corrected chi connectivity index (χ2v) is 11.7. The van der Waals surface area contributed by atoms with E-state index in [2.05, 4.69) is 60.0 Å². The Kier molecular flexibility index (Phi) is 8.24. The quantitative estimate of drug-likeness (QED) is 0.123. The second-order valence-electron chi connectivity index (χ2n) is 11.7. The largest absolute Gasteiger partial charge is 0.384 e. The Bertz CT molecular complexity index is 2120. The normalized spacial score (nSPS) is 11.6. The molecule has 4 N–H and O–H groups in total. The van der Waals surface area contributed by atoms with Gasteiger partial charge in [0.25, 0.3) is 0 Å². The molecular weight excluding hydrogens is 575 g/mol. The van der Waals surface area contributed by atoms with E-state index in [0.717, 1.165) is 86.6 Å². The van der Waals surface area contributed by atoms with Crippen molar-refractivity contribution in [1.82, 2.24) is 35.4 Å². The highest BCUT2D eigenvalue weighted by Gasteiger charge is 2.16. The average molecular weight is 611 g/mol. The third kappa shape index (κ3) is 6.37. The molecule has 0 aliphatic heterocycles. The van der Waals surface area contributed by atoms with Crippen molar-refractivity contribution in [1.29, 1.82) is 0 Å². The minimum absolute atomic E-state index is 0.279. The van der Waals surface area contributed by atoms with Crippen LogP contribution in [-0.4, -0.2) is 57.2 Å². The van der Waals surface area contributed by atoms with Crippen molar-refractivity contribution in [3.63, 3.8) is 0 Å². The maximum atomic E-state index is 14.7. The van der Waals surface area contributed by atoms with Gasteiger partial charge in [-0.25, -0.2) is 9.37 Å². The van der Waals surface area contributed by atoms with E-state index in [0.29, 0.717) is 6.54 Å². The van der Waals surface area contributed by atoms with Crippen LogP contribution in [0.15, 0.2) is 103 Å². The number of aromatic amines is 2. The van der Waals surface area contributed by atoms with Crippen molar-refractivity contribution in [2.45, 2.75) is 13.1 Å². The van der Waals surface area contributed by atoms with Crippen molar-refractivity contribution in [2.24, 2.45) is 0 Å². The van der Waals surface area contributed by atoms with Crippen LogP contribution in [0.4, 0.5) is 10.1 Å². The fourth-order valence-corrected chi connectivity index (χ4v) is 5.72. The molecule has 7 rings (SSSR count). The van der Waals surface area contributed by atoms with Crippen LogP contribution in [0.25, 0.3) is 55.7 Å². The molecule has 9 heteroatoms. The fourth-order valence-electron chi connectivity index (χ4n) is 5.72. The molecule has 0 atom stereocenters. The third-order valence-corrected chi connectivity index (χ3v) is 8.02. The van der Waals surface area contributed by atoms with Crippen molar-refractivity contribution >= 4 is 27.6 Å². The number of benzene rings is 3. The Labute approximate surface area is 266 Å². The first-order valence-electron chi connectivity index (χ1n) is 15.4. The Hall–Kier alpha value is -5.38. The number of nitrogens with zero attached hydrogens (tertiary/aromatic N) is 4. The number of anilines is 1. The van der Waals surface area contributed by atoms with Gasteiger partial charge in [0.1, 0.15) is 17.0 Å². The first kappa shape index (κ1) is 29.3. The van der Waals surface area contributed by atoms with Gasteiger partial charge >= 0.3 is 0 Å². The highest BCUT2D eigenvalue weighted by atomic mass is 19.1. The number of H-pyrrole nitrogens is 2. The summed E-state index contributed by atoms with van der Waals surface area (Å²) in [6, 6.07) is 29.7. The van der Waals surface area contributed by atoms with E-state index in [1.54, 1.807) is 6.07 Å². The number of likely N-dealkylation sites (N-methyl/N-ethyl adjacent to an activating group) is 1. The molecule has 0 saturated heterocycles. The van der Waals surface area contributed by atoms with Crippen LogP contribution in [0.3, 0.4) is 0 Å². The van der Waals surface area contributed by atoms with E-state index >= 15 is 0 Å². The lowest BCUT2D eigenvalue weighted by Crippen LogP contribution is -2.20. The first-order valence-corrected chi connectivity index (χ1v) is 15.4. The average Bonchev–Trinajstić information content (AvgIpc) is 3.69. The molecule has 0 radical (unpaired) electrons. The van der Waals surface area contributed by atoms with E-state index in [9.17, 15) is 4.39 Å². The molecule has 0 aliphatic rings. The van der Waals surface area contributed by atoms with E-state index in [1.807, 2.05) is 81.1 Å². The van der Waals surface area contributed by atoms with E-state index < -0.39 is 0 Å². The zero-order valence-corrected chi connectivity index (χ0v) is 25.8. The Morgan fingerprint density at radius 3 is 2.54 bits per heavy atom. The molecule has 0 fully saturated rings. The monoisotopic (exact) mass is 610 g/mol. The molecule has 4 aromatic heterocycles. The summed E-state index contributed by atoms with van der Waals surface area (Å²) < 4.78 is 14.7. The smallest absolute Gasteiger partial charge is 0.135 e. The lowest BCUT2D eigenvalue weighted by molar-refractivity contribution is 0.425. The summed E-state index contributed by atoms with van der Waals surface area (Å²) in [4.78, 5) is 15.1. The summed E-state index contributed by atoms with van der Waals surface area (Å²) in [5.41, 5.74) is 10.7. The van der Waals surface area contributed by atoms with Gasteiger partial charge < -0.3 is 20.5 Å². The fraction of sp³-hybridized carbons (Fsp3) is 0.162. The summed E-state index contributed by atoms with van der Waals surface area (Å²) in [7, 11) is 4.03. The molecule has 0 bridgehead atoms. The van der Waals surface area contributed by atoms with E-state index in [-0.39, 0.29) is 5.82 Å². The number of fused-ring (bicyclic) bond motifs is 2. The van der Waals surface area contributed by atoms with Gasteiger partial charge in [0.2, 0.25) is 0 Å². The first-order chi connectivity index (χ1) is 22.5. The summed E-state index contributed by atoms with van der Waals surface area (Å²) in [5, 5.41) is 15.6. The standard InChI is InChI=1S/C37H35FN8/c1-46(2)14-13-41-29-17-26(16-28(38)18-29)30-9-6-10-33-31(30)19-35(42-33)37-36-34(44-45-37)12-11-32(43-36)27-15-25(22-40-23-27)21-39-20-24-7-4-3-5-8-24/h3-12,15-19,22-23,39,41-42H,13-14,20-21H2,1-2H3,(H,44,45). The highest BCUT2D eigenvalue weighted by Crippen LogP contribution is 2.35. The maximum absolute atomic E-state index is 14.7. The van der Waals surface area contributed by atoms with Gasteiger partial charge in [0.05, 0.1) is 16.9 Å². The number of nitrogens with one attached hydrogen (secondary N) is 4. The molecule has 0 amide bonds. The van der Waals surface area contributed by atoms with Gasteiger partial charge in [0.15, 0.2) is 0 Å². The molecule has 4 heterocycles. The number of halogens is 1. The van der Waals surface area contributed by atoms with Crippen LogP contribution >= 0.6 is 0 Å². The molecule has 0 spiro atoms. The zero-order valence-electron chi connectivity index (χ0n) is 25.8. The predicted molar refractivity (Wildman–Crippen MR) is 184 cm³/mol. The Balaban J connectivity index is 1.17. The van der Waals surface area contributed by atoms with Gasteiger partial charge in [-0.1, -0.05) is 42.5 Å². The van der Waals surface area contributed by atoms with E-state index in [1.165, 1.54) is 11.6 Å². The number of pyridine rings is 2. The summed E-state index contributed by atoms with van der Waals surface area (Å²) in [5.74, 6) is -0.279. The summed E-state index contributed by atoms with van der Waals surface area (Å²) in [6.07, 6.45) is 3.72. The van der Waals surface area contributed by atoms with E-state index in [4.69, 9.17) is 4.98 Å². The van der Waals surface area contributed by atoms with Crippen LogP contribution in [0.1, 0.15) is 11.1 Å². The molecule has 3 aromatic carbocycles. The molecule has 230 valence electrons. The Morgan fingerprint density at radius 1 is 0.804 bits per heavy atom. The second kappa shape index (κ2) is 12.9. The molecule has 46 heavy (non-hydrogen) atoms. The SMILES string of the molecule is CN(C)CCNc1cc(F)cc(-c2cccc3[nH]c(-c4n[nH]c5ccc(-c6cncc(CNCc7ccccc7)c6)nc45)cc23)c1. The van der Waals surface area contributed by atoms with Crippen molar-refractivity contribution in [3.8, 4) is 33.8 Å². The van der Waals surface area contributed by atoms with Gasteiger partial charge in [-0.05, 0) is 84.9 Å².